The predicted molar refractivity (Wildman–Crippen MR) is 62.4 cm³/mol. The van der Waals surface area contributed by atoms with Crippen LogP contribution in [0.2, 0.25) is 0 Å². The summed E-state index contributed by atoms with van der Waals surface area (Å²) in [5.41, 5.74) is 8.61. The Kier molecular flexibility index (Phi) is 2.11. The van der Waals surface area contributed by atoms with Crippen molar-refractivity contribution >= 4 is 11.3 Å². The van der Waals surface area contributed by atoms with Crippen LogP contribution in [0, 0.1) is 0 Å². The molecule has 0 unspecified atom stereocenters. The molecule has 4 nitrogen and oxygen atoms in total. The van der Waals surface area contributed by atoms with E-state index in [4.69, 9.17) is 10.5 Å². The normalized spacial score (nSPS) is 24.6. The van der Waals surface area contributed by atoms with Gasteiger partial charge in [-0.05, 0) is 25.0 Å². The Morgan fingerprint density at radius 3 is 2.94 bits per heavy atom. The van der Waals surface area contributed by atoms with Crippen molar-refractivity contribution < 1.29 is 4.74 Å². The molecule has 0 amide bonds. The Balaban J connectivity index is 1.89. The van der Waals surface area contributed by atoms with E-state index in [0.717, 1.165) is 29.9 Å². The molecule has 0 bridgehead atoms. The van der Waals surface area contributed by atoms with Gasteiger partial charge in [0.05, 0.1) is 11.8 Å². The molecule has 2 aromatic rings. The number of aromatic nitrogens is 2. The maximum absolute atomic E-state index is 5.73. The average Bonchev–Trinajstić information content (AvgIpc) is 2.58. The molecule has 2 heterocycles. The lowest BCUT2D eigenvalue weighted by molar-refractivity contribution is 0.0249. The standard InChI is InChI=1S/C12H15N3O/c1-16-10-4-8(5-10)11-7-15-6-9(13)2-3-12(15)14-11/h2-3,6-8,10H,4-5,13H2,1H3. The third-order valence-electron chi connectivity index (χ3n) is 3.34. The first-order chi connectivity index (χ1) is 7.76. The van der Waals surface area contributed by atoms with Gasteiger partial charge in [0.25, 0.3) is 0 Å². The summed E-state index contributed by atoms with van der Waals surface area (Å²) in [5.74, 6) is 0.547. The third kappa shape index (κ3) is 1.46. The van der Waals surface area contributed by atoms with Gasteiger partial charge < -0.3 is 14.9 Å². The van der Waals surface area contributed by atoms with Gasteiger partial charge in [0, 0.05) is 31.1 Å². The van der Waals surface area contributed by atoms with Crippen molar-refractivity contribution in [3.05, 3.63) is 30.2 Å². The number of anilines is 1. The van der Waals surface area contributed by atoms with Gasteiger partial charge in [0.2, 0.25) is 0 Å². The summed E-state index contributed by atoms with van der Waals surface area (Å²) in [5, 5.41) is 0. The number of nitrogen functional groups attached to an aromatic ring is 1. The Bertz CT molecular complexity index is 514. The van der Waals surface area contributed by atoms with Gasteiger partial charge in [-0.1, -0.05) is 0 Å². The summed E-state index contributed by atoms with van der Waals surface area (Å²) in [6, 6.07) is 3.83. The monoisotopic (exact) mass is 217 g/mol. The first kappa shape index (κ1) is 9.66. The maximum atomic E-state index is 5.73. The molecule has 2 N–H and O–H groups in total. The minimum atomic E-state index is 0.417. The molecule has 0 radical (unpaired) electrons. The maximum Gasteiger partial charge on any atom is 0.137 e. The summed E-state index contributed by atoms with van der Waals surface area (Å²) in [6.45, 7) is 0. The van der Waals surface area contributed by atoms with E-state index in [-0.39, 0.29) is 0 Å². The van der Waals surface area contributed by atoms with Crippen molar-refractivity contribution in [2.45, 2.75) is 24.9 Å². The van der Waals surface area contributed by atoms with Gasteiger partial charge >= 0.3 is 0 Å². The molecular weight excluding hydrogens is 202 g/mol. The lowest BCUT2D eigenvalue weighted by atomic mass is 9.80. The van der Waals surface area contributed by atoms with Crippen LogP contribution in [0.4, 0.5) is 5.69 Å². The van der Waals surface area contributed by atoms with E-state index < -0.39 is 0 Å². The number of hydrogen-bond donors (Lipinski definition) is 1. The van der Waals surface area contributed by atoms with E-state index in [0.29, 0.717) is 12.0 Å². The second-order valence-corrected chi connectivity index (χ2v) is 4.42. The van der Waals surface area contributed by atoms with Crippen molar-refractivity contribution in [3.63, 3.8) is 0 Å². The molecule has 0 spiro atoms. The van der Waals surface area contributed by atoms with Crippen LogP contribution in [0.25, 0.3) is 5.65 Å². The minimum Gasteiger partial charge on any atom is -0.398 e. The summed E-state index contributed by atoms with van der Waals surface area (Å²) >= 11 is 0. The van der Waals surface area contributed by atoms with Crippen LogP contribution in [-0.2, 0) is 4.74 Å². The minimum absolute atomic E-state index is 0.417. The number of ether oxygens (including phenoxy) is 1. The Morgan fingerprint density at radius 1 is 1.38 bits per heavy atom. The first-order valence-electron chi connectivity index (χ1n) is 5.53. The van der Waals surface area contributed by atoms with Crippen LogP contribution in [0.5, 0.6) is 0 Å². The van der Waals surface area contributed by atoms with Crippen LogP contribution >= 0.6 is 0 Å². The van der Waals surface area contributed by atoms with E-state index in [1.54, 1.807) is 7.11 Å². The second kappa shape index (κ2) is 3.49. The predicted octanol–water partition coefficient (Wildman–Crippen LogP) is 1.81. The largest absolute Gasteiger partial charge is 0.398 e. The van der Waals surface area contributed by atoms with E-state index in [1.807, 2.05) is 22.7 Å². The highest BCUT2D eigenvalue weighted by molar-refractivity contribution is 5.48. The lowest BCUT2D eigenvalue weighted by Gasteiger charge is -2.32. The van der Waals surface area contributed by atoms with E-state index in [2.05, 4.69) is 11.2 Å². The smallest absolute Gasteiger partial charge is 0.137 e. The van der Waals surface area contributed by atoms with E-state index in [1.165, 1.54) is 0 Å². The number of nitrogens with zero attached hydrogens (tertiary/aromatic N) is 2. The zero-order valence-electron chi connectivity index (χ0n) is 9.26. The summed E-state index contributed by atoms with van der Waals surface area (Å²) in [7, 11) is 1.77. The molecule has 3 rings (SSSR count). The van der Waals surface area contributed by atoms with Crippen LogP contribution < -0.4 is 5.73 Å². The highest BCUT2D eigenvalue weighted by atomic mass is 16.5. The first-order valence-corrected chi connectivity index (χ1v) is 5.53. The highest BCUT2D eigenvalue weighted by Crippen LogP contribution is 2.37. The molecule has 4 heteroatoms. The zero-order valence-corrected chi connectivity index (χ0v) is 9.26. The molecule has 1 aliphatic rings. The molecule has 1 fully saturated rings. The molecule has 1 saturated carbocycles. The van der Waals surface area contributed by atoms with Crippen molar-refractivity contribution in [3.8, 4) is 0 Å². The van der Waals surface area contributed by atoms with Crippen molar-refractivity contribution in [1.29, 1.82) is 0 Å². The zero-order chi connectivity index (χ0) is 11.1. The molecule has 0 aromatic carbocycles. The SMILES string of the molecule is COC1CC(c2cn3cc(N)ccc3n2)C1. The molecule has 2 aromatic heterocycles. The summed E-state index contributed by atoms with van der Waals surface area (Å²) < 4.78 is 7.27. The molecule has 84 valence electrons. The van der Waals surface area contributed by atoms with Gasteiger partial charge in [0.15, 0.2) is 0 Å². The van der Waals surface area contributed by atoms with Gasteiger partial charge in [0.1, 0.15) is 5.65 Å². The third-order valence-corrected chi connectivity index (χ3v) is 3.34. The number of fused-ring (bicyclic) bond motifs is 1. The van der Waals surface area contributed by atoms with Crippen LogP contribution in [0.15, 0.2) is 24.5 Å². The van der Waals surface area contributed by atoms with E-state index >= 15 is 0 Å². The number of pyridine rings is 1. The fraction of sp³-hybridized carbons (Fsp3) is 0.417. The molecule has 16 heavy (non-hydrogen) atoms. The topological polar surface area (TPSA) is 52.5 Å². The number of rotatable bonds is 2. The van der Waals surface area contributed by atoms with Crippen LogP contribution in [0.3, 0.4) is 0 Å². The van der Waals surface area contributed by atoms with Crippen molar-refractivity contribution in [2.75, 3.05) is 12.8 Å². The Labute approximate surface area is 94.0 Å². The Hall–Kier alpha value is -1.55. The van der Waals surface area contributed by atoms with Gasteiger partial charge in [-0.25, -0.2) is 4.98 Å². The quantitative estimate of drug-likeness (QED) is 0.834. The van der Waals surface area contributed by atoms with Gasteiger partial charge in [-0.3, -0.25) is 0 Å². The van der Waals surface area contributed by atoms with Gasteiger partial charge in [-0.2, -0.15) is 0 Å². The molecule has 0 aliphatic heterocycles. The molecule has 0 saturated heterocycles. The summed E-state index contributed by atoms with van der Waals surface area (Å²) in [4.78, 5) is 4.60. The highest BCUT2D eigenvalue weighted by Gasteiger charge is 2.31. The number of hydrogen-bond acceptors (Lipinski definition) is 3. The molecule has 0 atom stereocenters. The fourth-order valence-electron chi connectivity index (χ4n) is 2.22. The number of nitrogens with two attached hydrogens (primary N) is 1. The lowest BCUT2D eigenvalue weighted by Crippen LogP contribution is -2.28. The Morgan fingerprint density at radius 2 is 2.19 bits per heavy atom. The van der Waals surface area contributed by atoms with Crippen molar-refractivity contribution in [1.82, 2.24) is 9.38 Å². The van der Waals surface area contributed by atoms with Crippen LogP contribution in [0.1, 0.15) is 24.5 Å². The second-order valence-electron chi connectivity index (χ2n) is 4.42. The summed E-state index contributed by atoms with van der Waals surface area (Å²) in [6.07, 6.45) is 6.55. The number of methoxy groups -OCH3 is 1. The van der Waals surface area contributed by atoms with Crippen LogP contribution in [-0.4, -0.2) is 22.6 Å². The van der Waals surface area contributed by atoms with Gasteiger partial charge in [-0.15, -0.1) is 0 Å². The molecular formula is C12H15N3O. The van der Waals surface area contributed by atoms with E-state index in [9.17, 15) is 0 Å². The number of imidazole rings is 1. The molecule has 1 aliphatic carbocycles. The fourth-order valence-corrected chi connectivity index (χ4v) is 2.22. The average molecular weight is 217 g/mol. The van der Waals surface area contributed by atoms with Crippen molar-refractivity contribution in [2.24, 2.45) is 0 Å².